The topological polar surface area (TPSA) is 64.8 Å². The van der Waals surface area contributed by atoms with Crippen molar-refractivity contribution in [1.82, 2.24) is 20.2 Å². The molecule has 0 radical (unpaired) electrons. The summed E-state index contributed by atoms with van der Waals surface area (Å²) in [6.45, 7) is 5.95. The number of carbonyl (C=O) groups is 1. The van der Waals surface area contributed by atoms with Gasteiger partial charge >= 0.3 is 6.03 Å². The van der Waals surface area contributed by atoms with Gasteiger partial charge in [-0.05, 0) is 19.9 Å². The predicted molar refractivity (Wildman–Crippen MR) is 66.4 cm³/mol. The SMILES string of the molecule is CN1CCN(NC2CCN(C(N)=O)CC2)CC1. The molecule has 0 saturated carbocycles. The number of hydrogen-bond donors (Lipinski definition) is 2. The number of piperidine rings is 1. The second kappa shape index (κ2) is 5.66. The minimum absolute atomic E-state index is 0.289. The van der Waals surface area contributed by atoms with Crippen molar-refractivity contribution in [3.63, 3.8) is 0 Å². The smallest absolute Gasteiger partial charge is 0.314 e. The lowest BCUT2D eigenvalue weighted by atomic mass is 10.1. The highest BCUT2D eigenvalue weighted by Gasteiger charge is 2.23. The molecule has 98 valence electrons. The maximum Gasteiger partial charge on any atom is 0.314 e. The molecule has 3 N–H and O–H groups in total. The van der Waals surface area contributed by atoms with Crippen LogP contribution in [0.25, 0.3) is 0 Å². The van der Waals surface area contributed by atoms with Crippen LogP contribution in [0, 0.1) is 0 Å². The number of urea groups is 1. The Balaban J connectivity index is 1.69. The molecule has 2 rings (SSSR count). The van der Waals surface area contributed by atoms with Crippen molar-refractivity contribution in [3.8, 4) is 0 Å². The summed E-state index contributed by atoms with van der Waals surface area (Å²) in [5, 5.41) is 2.31. The van der Waals surface area contributed by atoms with E-state index in [1.165, 1.54) is 0 Å². The van der Waals surface area contributed by atoms with Crippen LogP contribution in [0.3, 0.4) is 0 Å². The summed E-state index contributed by atoms with van der Waals surface area (Å²) >= 11 is 0. The van der Waals surface area contributed by atoms with Gasteiger partial charge in [0.05, 0.1) is 0 Å². The molecule has 2 saturated heterocycles. The van der Waals surface area contributed by atoms with Crippen molar-refractivity contribution >= 4 is 6.03 Å². The van der Waals surface area contributed by atoms with Crippen LogP contribution in [0.4, 0.5) is 4.79 Å². The predicted octanol–water partition coefficient (Wildman–Crippen LogP) is -0.718. The number of amides is 2. The Morgan fingerprint density at radius 1 is 1.12 bits per heavy atom. The Morgan fingerprint density at radius 2 is 1.71 bits per heavy atom. The van der Waals surface area contributed by atoms with E-state index in [2.05, 4.69) is 22.4 Å². The number of hydrazine groups is 1. The quantitative estimate of drug-likeness (QED) is 0.670. The molecule has 2 heterocycles. The van der Waals surface area contributed by atoms with Crippen LogP contribution in [0.15, 0.2) is 0 Å². The third kappa shape index (κ3) is 3.55. The summed E-state index contributed by atoms with van der Waals surface area (Å²) < 4.78 is 0. The molecule has 0 aromatic carbocycles. The number of carbonyl (C=O) groups excluding carboxylic acids is 1. The molecule has 0 aromatic rings. The molecular formula is C11H23N5O. The standard InChI is InChI=1S/C11H23N5O/c1-14-6-8-16(9-7-14)13-10-2-4-15(5-3-10)11(12)17/h10,13H,2-9H2,1H3,(H2,12,17). The minimum atomic E-state index is -0.289. The maximum atomic E-state index is 11.0. The van der Waals surface area contributed by atoms with Crippen molar-refractivity contribution < 1.29 is 4.79 Å². The van der Waals surface area contributed by atoms with Crippen LogP contribution in [-0.4, -0.2) is 73.2 Å². The summed E-state index contributed by atoms with van der Waals surface area (Å²) in [6, 6.07) is 0.206. The van der Waals surface area contributed by atoms with E-state index in [0.29, 0.717) is 6.04 Å². The van der Waals surface area contributed by atoms with Gasteiger partial charge in [0.25, 0.3) is 0 Å². The zero-order valence-corrected chi connectivity index (χ0v) is 10.6. The summed E-state index contributed by atoms with van der Waals surface area (Å²) in [7, 11) is 2.16. The molecule has 0 aliphatic carbocycles. The van der Waals surface area contributed by atoms with Gasteiger partial charge in [0, 0.05) is 45.3 Å². The van der Waals surface area contributed by atoms with Gasteiger partial charge in [0.15, 0.2) is 0 Å². The Labute approximate surface area is 103 Å². The van der Waals surface area contributed by atoms with Gasteiger partial charge in [-0.3, -0.25) is 5.43 Å². The number of hydrogen-bond acceptors (Lipinski definition) is 4. The third-order valence-corrected chi connectivity index (χ3v) is 3.68. The Hall–Kier alpha value is -0.850. The highest BCUT2D eigenvalue weighted by atomic mass is 16.2. The van der Waals surface area contributed by atoms with E-state index in [0.717, 1.165) is 52.1 Å². The Kier molecular flexibility index (Phi) is 4.20. The average molecular weight is 241 g/mol. The molecule has 0 unspecified atom stereocenters. The van der Waals surface area contributed by atoms with Gasteiger partial charge in [-0.2, -0.15) is 0 Å². The molecule has 2 aliphatic heterocycles. The van der Waals surface area contributed by atoms with Crippen LogP contribution in [-0.2, 0) is 0 Å². The van der Waals surface area contributed by atoms with Gasteiger partial charge < -0.3 is 15.5 Å². The van der Waals surface area contributed by atoms with E-state index >= 15 is 0 Å². The van der Waals surface area contributed by atoms with E-state index in [1.54, 1.807) is 4.90 Å². The number of likely N-dealkylation sites (N-methyl/N-ethyl adjacent to an activating group) is 1. The van der Waals surface area contributed by atoms with Gasteiger partial charge in [-0.1, -0.05) is 0 Å². The highest BCUT2D eigenvalue weighted by Crippen LogP contribution is 2.11. The third-order valence-electron chi connectivity index (χ3n) is 3.68. The van der Waals surface area contributed by atoms with Gasteiger partial charge in [0.2, 0.25) is 0 Å². The van der Waals surface area contributed by atoms with Crippen molar-refractivity contribution in [1.29, 1.82) is 0 Å². The molecule has 0 spiro atoms. The number of rotatable bonds is 2. The largest absolute Gasteiger partial charge is 0.351 e. The molecule has 2 aliphatic rings. The van der Waals surface area contributed by atoms with Crippen molar-refractivity contribution in [2.75, 3.05) is 46.3 Å². The molecule has 0 aromatic heterocycles. The van der Waals surface area contributed by atoms with E-state index in [9.17, 15) is 4.79 Å². The number of nitrogens with one attached hydrogen (secondary N) is 1. The molecule has 6 heteroatoms. The van der Waals surface area contributed by atoms with Crippen LogP contribution >= 0.6 is 0 Å². The van der Waals surface area contributed by atoms with Crippen LogP contribution < -0.4 is 11.2 Å². The first kappa shape index (κ1) is 12.6. The molecule has 0 atom stereocenters. The number of nitrogens with two attached hydrogens (primary N) is 1. The van der Waals surface area contributed by atoms with Crippen LogP contribution in [0.1, 0.15) is 12.8 Å². The van der Waals surface area contributed by atoms with Gasteiger partial charge in [-0.25, -0.2) is 9.80 Å². The van der Waals surface area contributed by atoms with Crippen molar-refractivity contribution in [3.05, 3.63) is 0 Å². The van der Waals surface area contributed by atoms with E-state index in [1.807, 2.05) is 0 Å². The first-order valence-electron chi connectivity index (χ1n) is 6.39. The summed E-state index contributed by atoms with van der Waals surface area (Å²) in [5.74, 6) is 0. The normalized spacial score (nSPS) is 25.1. The lowest BCUT2D eigenvalue weighted by Gasteiger charge is -2.38. The molecule has 6 nitrogen and oxygen atoms in total. The fourth-order valence-corrected chi connectivity index (χ4v) is 2.42. The van der Waals surface area contributed by atoms with Gasteiger partial charge in [0.1, 0.15) is 0 Å². The maximum absolute atomic E-state index is 11.0. The van der Waals surface area contributed by atoms with E-state index < -0.39 is 0 Å². The fourth-order valence-electron chi connectivity index (χ4n) is 2.42. The summed E-state index contributed by atoms with van der Waals surface area (Å²) in [5.41, 5.74) is 8.83. The van der Waals surface area contributed by atoms with Crippen molar-refractivity contribution in [2.45, 2.75) is 18.9 Å². The number of likely N-dealkylation sites (tertiary alicyclic amines) is 1. The number of piperazine rings is 1. The van der Waals surface area contributed by atoms with E-state index in [4.69, 9.17) is 5.73 Å². The molecule has 17 heavy (non-hydrogen) atoms. The fraction of sp³-hybridized carbons (Fsp3) is 0.909. The Morgan fingerprint density at radius 3 is 2.24 bits per heavy atom. The Bertz CT molecular complexity index is 257. The lowest BCUT2D eigenvalue weighted by molar-refractivity contribution is 0.0711. The monoisotopic (exact) mass is 241 g/mol. The van der Waals surface area contributed by atoms with E-state index in [-0.39, 0.29) is 6.03 Å². The molecule has 2 fully saturated rings. The second-order valence-corrected chi connectivity index (χ2v) is 5.02. The number of primary amides is 1. The molecule has 0 bridgehead atoms. The first-order valence-corrected chi connectivity index (χ1v) is 6.39. The zero-order chi connectivity index (χ0) is 12.3. The summed E-state index contributed by atoms with van der Waals surface area (Å²) in [4.78, 5) is 15.1. The highest BCUT2D eigenvalue weighted by molar-refractivity contribution is 5.72. The summed E-state index contributed by atoms with van der Waals surface area (Å²) in [6.07, 6.45) is 1.99. The minimum Gasteiger partial charge on any atom is -0.351 e. The lowest BCUT2D eigenvalue weighted by Crippen LogP contribution is -2.56. The van der Waals surface area contributed by atoms with Gasteiger partial charge in [-0.15, -0.1) is 0 Å². The average Bonchev–Trinajstić information content (AvgIpc) is 2.33. The second-order valence-electron chi connectivity index (χ2n) is 5.02. The molecule has 2 amide bonds. The molecular weight excluding hydrogens is 218 g/mol. The van der Waals surface area contributed by atoms with Crippen LogP contribution in [0.2, 0.25) is 0 Å². The first-order chi connectivity index (χ1) is 8.15. The van der Waals surface area contributed by atoms with Crippen LogP contribution in [0.5, 0.6) is 0 Å². The zero-order valence-electron chi connectivity index (χ0n) is 10.6. The number of nitrogens with zero attached hydrogens (tertiary/aromatic N) is 3. The van der Waals surface area contributed by atoms with Crippen molar-refractivity contribution in [2.24, 2.45) is 5.73 Å².